The van der Waals surface area contributed by atoms with Crippen molar-refractivity contribution in [3.05, 3.63) is 0 Å². The summed E-state index contributed by atoms with van der Waals surface area (Å²) in [6.45, 7) is 0. The molecule has 1 N–H and O–H groups in total. The smallest absolute Gasteiger partial charge is 0.350 e. The van der Waals surface area contributed by atoms with Crippen molar-refractivity contribution in [3.63, 3.8) is 0 Å². The number of carboxylic acid groups (broad SMARTS) is 1. The van der Waals surface area contributed by atoms with Gasteiger partial charge in [0.25, 0.3) is 0 Å². The maximum Gasteiger partial charge on any atom is 0.350 e. The van der Waals surface area contributed by atoms with Gasteiger partial charge in [0.15, 0.2) is 0 Å². The normalized spacial score (nSPS) is 16.2. The lowest BCUT2D eigenvalue weighted by molar-refractivity contribution is -0.129. The second-order valence-electron chi connectivity index (χ2n) is 1.39. The van der Waals surface area contributed by atoms with Gasteiger partial charge in [-0.25, -0.2) is 4.79 Å². The van der Waals surface area contributed by atoms with Crippen LogP contribution in [0.3, 0.4) is 0 Å². The fraction of sp³-hybridized carbons (Fsp3) is 0.500. The van der Waals surface area contributed by atoms with Crippen molar-refractivity contribution in [3.8, 4) is 0 Å². The summed E-state index contributed by atoms with van der Waals surface area (Å²) in [6.07, 6.45) is 0. The number of aliphatic imine (C=N–C) groups is 1. The van der Waals surface area contributed by atoms with Crippen LogP contribution in [0.2, 0.25) is 0 Å². The largest absolute Gasteiger partial charge is 0.477 e. The van der Waals surface area contributed by atoms with E-state index in [9.17, 15) is 4.79 Å². The number of aliphatic carboxylic acids is 1. The summed E-state index contributed by atoms with van der Waals surface area (Å²) in [4.78, 5) is 13.8. The third-order valence-corrected chi connectivity index (χ3v) is 1.62. The number of hydrogen-bond donors (Lipinski definition) is 1. The Morgan fingerprint density at radius 2 is 2.44 bits per heavy atom. The number of rotatable bonds is 1. The van der Waals surface area contributed by atoms with Crippen LogP contribution in [0, 0.1) is 0 Å². The molecule has 5 heteroatoms. The lowest BCUT2D eigenvalue weighted by Crippen LogP contribution is -2.11. The number of thioether (sulfide) groups is 1. The van der Waals surface area contributed by atoms with Crippen LogP contribution in [0.1, 0.15) is 0 Å². The molecule has 0 aromatic carbocycles. The molecule has 3 nitrogen and oxygen atoms in total. The van der Waals surface area contributed by atoms with Gasteiger partial charge in [-0.3, -0.25) is 4.99 Å². The number of nitrogens with zero attached hydrogens (tertiary/aromatic N) is 1. The minimum atomic E-state index is -0.880. The third kappa shape index (κ3) is 2.24. The Kier molecular flexibility index (Phi) is 3.65. The fourth-order valence-corrected chi connectivity index (χ4v) is 1.19. The van der Waals surface area contributed by atoms with Crippen LogP contribution in [0.4, 0.5) is 0 Å². The Morgan fingerprint density at radius 3 is 2.67 bits per heavy atom. The summed E-state index contributed by atoms with van der Waals surface area (Å²) < 4.78 is 0. The summed E-state index contributed by atoms with van der Waals surface area (Å²) >= 11 is 1.53. The van der Waals surface area contributed by atoms with Gasteiger partial charge in [-0.2, -0.15) is 0 Å². The summed E-state index contributed by atoms with van der Waals surface area (Å²) in [7, 11) is 0. The first-order valence-electron chi connectivity index (χ1n) is 2.15. The first kappa shape index (κ1) is 8.78. The van der Waals surface area contributed by atoms with Crippen LogP contribution in [0.25, 0.3) is 0 Å². The highest BCUT2D eigenvalue weighted by Gasteiger charge is 2.12. The predicted molar refractivity (Wildman–Crippen MR) is 39.6 cm³/mol. The van der Waals surface area contributed by atoms with E-state index in [1.807, 2.05) is 0 Å². The van der Waals surface area contributed by atoms with Crippen molar-refractivity contribution in [1.29, 1.82) is 0 Å². The molecule has 0 saturated heterocycles. The average molecular weight is 168 g/mol. The molecule has 0 saturated carbocycles. The van der Waals surface area contributed by atoms with Gasteiger partial charge < -0.3 is 5.11 Å². The van der Waals surface area contributed by atoms with Crippen molar-refractivity contribution >= 4 is 35.8 Å². The van der Waals surface area contributed by atoms with Gasteiger partial charge in [0, 0.05) is 5.75 Å². The highest BCUT2D eigenvalue weighted by atomic mass is 35.5. The average Bonchev–Trinajstić information content (AvgIpc) is 2.12. The van der Waals surface area contributed by atoms with E-state index in [0.29, 0.717) is 17.3 Å². The maximum atomic E-state index is 10.1. The number of carbonyl (C=O) groups is 1. The summed E-state index contributed by atoms with van der Waals surface area (Å²) in [5, 5.41) is 8.27. The highest BCUT2D eigenvalue weighted by molar-refractivity contribution is 8.00. The third-order valence-electron chi connectivity index (χ3n) is 0.832. The van der Waals surface area contributed by atoms with E-state index in [-0.39, 0.29) is 12.4 Å². The minimum Gasteiger partial charge on any atom is -0.477 e. The van der Waals surface area contributed by atoms with Crippen LogP contribution in [-0.4, -0.2) is 28.4 Å². The molecule has 0 atom stereocenters. The second kappa shape index (κ2) is 3.74. The lowest BCUT2D eigenvalue weighted by Gasteiger charge is -1.84. The molecular formula is C4H6ClNO2S. The van der Waals surface area contributed by atoms with Crippen molar-refractivity contribution in [2.45, 2.75) is 0 Å². The Balaban J connectivity index is 0.000000640. The van der Waals surface area contributed by atoms with Crippen molar-refractivity contribution in [2.75, 3.05) is 11.6 Å². The molecule has 1 heterocycles. The zero-order valence-corrected chi connectivity index (χ0v) is 6.17. The molecular weight excluding hydrogens is 162 g/mol. The predicted octanol–water partition coefficient (Wildman–Crippen LogP) is 0.638. The van der Waals surface area contributed by atoms with Crippen LogP contribution in [-0.2, 0) is 4.79 Å². The van der Waals surface area contributed by atoms with Crippen LogP contribution >= 0.6 is 24.2 Å². The van der Waals surface area contributed by atoms with Crippen LogP contribution in [0.15, 0.2) is 4.99 Å². The number of carboxylic acids is 1. The van der Waals surface area contributed by atoms with E-state index in [1.54, 1.807) is 0 Å². The molecule has 0 aromatic rings. The zero-order chi connectivity index (χ0) is 5.98. The molecule has 9 heavy (non-hydrogen) atoms. The Hall–Kier alpha value is -0.220. The van der Waals surface area contributed by atoms with E-state index in [0.717, 1.165) is 0 Å². The van der Waals surface area contributed by atoms with E-state index in [2.05, 4.69) is 4.99 Å². The van der Waals surface area contributed by atoms with Gasteiger partial charge >= 0.3 is 5.97 Å². The zero-order valence-electron chi connectivity index (χ0n) is 4.53. The minimum absolute atomic E-state index is 0. The maximum absolute atomic E-state index is 10.1. The van der Waals surface area contributed by atoms with Gasteiger partial charge in [-0.1, -0.05) is 0 Å². The highest BCUT2D eigenvalue weighted by Crippen LogP contribution is 2.08. The molecule has 0 aliphatic carbocycles. The molecule has 1 aliphatic heterocycles. The van der Waals surface area contributed by atoms with Gasteiger partial charge in [0.05, 0.1) is 5.88 Å². The van der Waals surface area contributed by atoms with Crippen molar-refractivity contribution < 1.29 is 9.90 Å². The van der Waals surface area contributed by atoms with Gasteiger partial charge in [0.1, 0.15) is 5.71 Å². The molecule has 0 fully saturated rings. The summed E-state index contributed by atoms with van der Waals surface area (Å²) in [6, 6.07) is 0. The molecule has 0 unspecified atom stereocenters. The lowest BCUT2D eigenvalue weighted by atomic mass is 10.4. The van der Waals surface area contributed by atoms with E-state index in [1.165, 1.54) is 11.8 Å². The first-order chi connectivity index (χ1) is 3.80. The SMILES string of the molecule is Cl.O=C(O)C1=NCSC1. The molecule has 1 aliphatic rings. The molecule has 1 rings (SSSR count). The molecule has 0 amide bonds. The van der Waals surface area contributed by atoms with Gasteiger partial charge in [-0.05, 0) is 0 Å². The standard InChI is InChI=1S/C4H5NO2S.ClH/c6-4(7)3-1-8-2-5-3;/h1-2H2,(H,6,7);1H. The Bertz CT molecular complexity index is 148. The Labute approximate surface area is 63.0 Å². The van der Waals surface area contributed by atoms with Crippen molar-refractivity contribution in [2.24, 2.45) is 4.99 Å². The first-order valence-corrected chi connectivity index (χ1v) is 3.30. The van der Waals surface area contributed by atoms with E-state index < -0.39 is 5.97 Å². The van der Waals surface area contributed by atoms with Crippen LogP contribution < -0.4 is 0 Å². The summed E-state index contributed by atoms with van der Waals surface area (Å²) in [5.41, 5.74) is 0.301. The van der Waals surface area contributed by atoms with Crippen LogP contribution in [0.5, 0.6) is 0 Å². The van der Waals surface area contributed by atoms with E-state index in [4.69, 9.17) is 5.11 Å². The topological polar surface area (TPSA) is 49.7 Å². The van der Waals surface area contributed by atoms with E-state index >= 15 is 0 Å². The van der Waals surface area contributed by atoms with Gasteiger partial charge in [-0.15, -0.1) is 24.2 Å². The Morgan fingerprint density at radius 1 is 1.78 bits per heavy atom. The van der Waals surface area contributed by atoms with Crippen molar-refractivity contribution in [1.82, 2.24) is 0 Å². The fourth-order valence-electron chi connectivity index (χ4n) is 0.441. The van der Waals surface area contributed by atoms with Gasteiger partial charge in [0.2, 0.25) is 0 Å². The summed E-state index contributed by atoms with van der Waals surface area (Å²) in [5.74, 6) is 0.298. The second-order valence-corrected chi connectivity index (χ2v) is 2.34. The number of halogens is 1. The molecule has 0 radical (unpaired) electrons. The quantitative estimate of drug-likeness (QED) is 0.624. The molecule has 0 bridgehead atoms. The molecule has 0 spiro atoms. The number of hydrogen-bond acceptors (Lipinski definition) is 3. The molecule has 0 aromatic heterocycles. The monoisotopic (exact) mass is 167 g/mol. The molecule has 52 valence electrons.